The van der Waals surface area contributed by atoms with Crippen LogP contribution in [0.4, 0.5) is 5.82 Å². The number of benzene rings is 1. The molecule has 0 aliphatic heterocycles. The lowest BCUT2D eigenvalue weighted by Crippen LogP contribution is -2.15. The molecule has 7 nitrogen and oxygen atoms in total. The summed E-state index contributed by atoms with van der Waals surface area (Å²) in [5, 5.41) is 12.4. The molecule has 1 N–H and O–H groups in total. The number of carbonyl (C=O) groups excluding carboxylic acids is 1. The van der Waals surface area contributed by atoms with Crippen LogP contribution in [-0.4, -0.2) is 38.0 Å². The molecule has 3 aromatic rings. The molecule has 1 amide bonds. The molecule has 0 radical (unpaired) electrons. The summed E-state index contributed by atoms with van der Waals surface area (Å²) in [5.41, 5.74) is 0.838. The van der Waals surface area contributed by atoms with Gasteiger partial charge in [-0.05, 0) is 31.2 Å². The highest BCUT2D eigenvalue weighted by Crippen LogP contribution is 2.31. The number of aromatic nitrogens is 4. The number of hydrogen-bond acceptors (Lipinski definition) is 6. The van der Waals surface area contributed by atoms with Gasteiger partial charge in [-0.25, -0.2) is 4.98 Å². The Hall–Kier alpha value is -2.84. The van der Waals surface area contributed by atoms with E-state index in [1.165, 1.54) is 18.0 Å². The first-order valence-corrected chi connectivity index (χ1v) is 10.3. The SMILES string of the molecule is C=CCn1c(SCC(=O)Nc2ccc(Cl)cn2)nnc1-c1ccccc1OCC. The molecule has 2 aromatic heterocycles. The lowest BCUT2D eigenvalue weighted by Gasteiger charge is -2.11. The molecular weight excluding hydrogens is 410 g/mol. The Labute approximate surface area is 178 Å². The third-order valence-corrected chi connectivity index (χ3v) is 4.97. The van der Waals surface area contributed by atoms with Crippen LogP contribution in [0.15, 0.2) is 60.4 Å². The first-order valence-electron chi connectivity index (χ1n) is 8.93. The number of halogens is 1. The minimum absolute atomic E-state index is 0.159. The maximum atomic E-state index is 12.3. The first kappa shape index (κ1) is 20.9. The van der Waals surface area contributed by atoms with E-state index in [1.807, 2.05) is 35.8 Å². The molecule has 0 spiro atoms. The van der Waals surface area contributed by atoms with Crippen LogP contribution in [0.2, 0.25) is 5.02 Å². The van der Waals surface area contributed by atoms with Gasteiger partial charge in [0.2, 0.25) is 5.91 Å². The van der Waals surface area contributed by atoms with Crippen molar-refractivity contribution in [2.75, 3.05) is 17.7 Å². The summed E-state index contributed by atoms with van der Waals surface area (Å²) < 4.78 is 7.62. The van der Waals surface area contributed by atoms with Crippen LogP contribution < -0.4 is 10.1 Å². The average Bonchev–Trinajstić information content (AvgIpc) is 3.12. The van der Waals surface area contributed by atoms with Crippen molar-refractivity contribution in [1.29, 1.82) is 0 Å². The van der Waals surface area contributed by atoms with Crippen LogP contribution in [-0.2, 0) is 11.3 Å². The van der Waals surface area contributed by atoms with Gasteiger partial charge in [0.25, 0.3) is 0 Å². The fourth-order valence-electron chi connectivity index (χ4n) is 2.58. The zero-order chi connectivity index (χ0) is 20.6. The molecule has 0 saturated heterocycles. The van der Waals surface area contributed by atoms with Gasteiger partial charge in [0.15, 0.2) is 11.0 Å². The molecule has 0 atom stereocenters. The lowest BCUT2D eigenvalue weighted by atomic mass is 10.2. The molecule has 2 heterocycles. The van der Waals surface area contributed by atoms with Gasteiger partial charge in [0.1, 0.15) is 11.6 Å². The summed E-state index contributed by atoms with van der Waals surface area (Å²) in [5.74, 6) is 1.80. The fraction of sp³-hybridized carbons (Fsp3) is 0.200. The first-order chi connectivity index (χ1) is 14.1. The molecule has 0 aliphatic carbocycles. The molecule has 0 fully saturated rings. The second-order valence-electron chi connectivity index (χ2n) is 5.83. The number of pyridine rings is 1. The number of rotatable bonds is 9. The summed E-state index contributed by atoms with van der Waals surface area (Å²) in [7, 11) is 0. The highest BCUT2D eigenvalue weighted by Gasteiger charge is 2.18. The topological polar surface area (TPSA) is 81.9 Å². The summed E-state index contributed by atoms with van der Waals surface area (Å²) in [6.45, 7) is 6.80. The second-order valence-corrected chi connectivity index (χ2v) is 7.21. The number of para-hydroxylation sites is 1. The van der Waals surface area contributed by atoms with Crippen LogP contribution in [0.5, 0.6) is 5.75 Å². The zero-order valence-corrected chi connectivity index (χ0v) is 17.4. The third kappa shape index (κ3) is 5.36. The van der Waals surface area contributed by atoms with Crippen molar-refractivity contribution in [2.24, 2.45) is 0 Å². The Morgan fingerprint density at radius 3 is 2.86 bits per heavy atom. The van der Waals surface area contributed by atoms with Gasteiger partial charge in [-0.15, -0.1) is 16.8 Å². The molecule has 0 unspecified atom stereocenters. The number of ether oxygens (including phenoxy) is 1. The predicted molar refractivity (Wildman–Crippen MR) is 115 cm³/mol. The van der Waals surface area contributed by atoms with Crippen LogP contribution >= 0.6 is 23.4 Å². The Kier molecular flexibility index (Phi) is 7.26. The standard InChI is InChI=1S/C20H20ClN5O2S/c1-3-11-26-19(15-7-5-6-8-16(15)28-4-2)24-25-20(26)29-13-18(27)23-17-10-9-14(21)12-22-17/h3,5-10,12H,1,4,11,13H2,2H3,(H,22,23,27). The van der Waals surface area contributed by atoms with Gasteiger partial charge < -0.3 is 10.1 Å². The van der Waals surface area contributed by atoms with E-state index in [2.05, 4.69) is 27.1 Å². The van der Waals surface area contributed by atoms with Gasteiger partial charge >= 0.3 is 0 Å². The molecule has 0 aliphatic rings. The van der Waals surface area contributed by atoms with E-state index in [0.29, 0.717) is 35.0 Å². The molecule has 0 saturated carbocycles. The Morgan fingerprint density at radius 1 is 1.31 bits per heavy atom. The molecule has 3 rings (SSSR count). The molecule has 0 bridgehead atoms. The largest absolute Gasteiger partial charge is 0.493 e. The molecule has 1 aromatic carbocycles. The Balaban J connectivity index is 1.76. The van der Waals surface area contributed by atoms with Crippen molar-refractivity contribution < 1.29 is 9.53 Å². The number of anilines is 1. The molecule has 9 heteroatoms. The minimum atomic E-state index is -0.200. The van der Waals surface area contributed by atoms with E-state index in [9.17, 15) is 4.79 Å². The summed E-state index contributed by atoms with van der Waals surface area (Å²) in [4.78, 5) is 16.3. The fourth-order valence-corrected chi connectivity index (χ4v) is 3.44. The van der Waals surface area contributed by atoms with Crippen LogP contribution in [0.25, 0.3) is 11.4 Å². The van der Waals surface area contributed by atoms with Crippen molar-refractivity contribution in [3.63, 3.8) is 0 Å². The molecule has 150 valence electrons. The van der Waals surface area contributed by atoms with Gasteiger partial charge in [-0.3, -0.25) is 9.36 Å². The van der Waals surface area contributed by atoms with Crippen LogP contribution in [0.3, 0.4) is 0 Å². The lowest BCUT2D eigenvalue weighted by molar-refractivity contribution is -0.113. The van der Waals surface area contributed by atoms with E-state index in [0.717, 1.165) is 11.3 Å². The van der Waals surface area contributed by atoms with Gasteiger partial charge in [-0.2, -0.15) is 0 Å². The van der Waals surface area contributed by atoms with Crippen molar-refractivity contribution in [1.82, 2.24) is 19.7 Å². The number of hydrogen-bond donors (Lipinski definition) is 1. The maximum Gasteiger partial charge on any atom is 0.236 e. The monoisotopic (exact) mass is 429 g/mol. The Morgan fingerprint density at radius 2 is 2.14 bits per heavy atom. The molecule has 29 heavy (non-hydrogen) atoms. The Bertz CT molecular complexity index is 991. The van der Waals surface area contributed by atoms with E-state index >= 15 is 0 Å². The maximum absolute atomic E-state index is 12.3. The number of allylic oxidation sites excluding steroid dienone is 1. The van der Waals surface area contributed by atoms with Crippen molar-refractivity contribution in [3.8, 4) is 17.1 Å². The summed E-state index contributed by atoms with van der Waals surface area (Å²) in [6.07, 6.45) is 3.24. The van der Waals surface area contributed by atoms with Crippen molar-refractivity contribution >= 4 is 35.1 Å². The number of nitrogens with one attached hydrogen (secondary N) is 1. The number of carbonyl (C=O) groups is 1. The van der Waals surface area contributed by atoms with Crippen molar-refractivity contribution in [2.45, 2.75) is 18.6 Å². The number of amides is 1. The van der Waals surface area contributed by atoms with E-state index in [-0.39, 0.29) is 11.7 Å². The quantitative estimate of drug-likeness (QED) is 0.403. The zero-order valence-electron chi connectivity index (χ0n) is 15.8. The highest BCUT2D eigenvalue weighted by molar-refractivity contribution is 7.99. The molecular formula is C20H20ClN5O2S. The van der Waals surface area contributed by atoms with E-state index in [4.69, 9.17) is 16.3 Å². The third-order valence-electron chi connectivity index (χ3n) is 3.78. The second kappa shape index (κ2) is 10.1. The number of nitrogens with zero attached hydrogens (tertiary/aromatic N) is 4. The predicted octanol–water partition coefficient (Wildman–Crippen LogP) is 4.31. The normalized spacial score (nSPS) is 10.6. The average molecular weight is 430 g/mol. The minimum Gasteiger partial charge on any atom is -0.493 e. The van der Waals surface area contributed by atoms with E-state index in [1.54, 1.807) is 18.2 Å². The van der Waals surface area contributed by atoms with Gasteiger partial charge in [-0.1, -0.05) is 41.6 Å². The smallest absolute Gasteiger partial charge is 0.236 e. The van der Waals surface area contributed by atoms with Gasteiger partial charge in [0, 0.05) is 12.7 Å². The number of thioether (sulfide) groups is 1. The van der Waals surface area contributed by atoms with Gasteiger partial charge in [0.05, 0.1) is 22.9 Å². The van der Waals surface area contributed by atoms with Crippen LogP contribution in [0, 0.1) is 0 Å². The van der Waals surface area contributed by atoms with Crippen LogP contribution in [0.1, 0.15) is 6.92 Å². The summed E-state index contributed by atoms with van der Waals surface area (Å²) >= 11 is 7.09. The van der Waals surface area contributed by atoms with E-state index < -0.39 is 0 Å². The summed E-state index contributed by atoms with van der Waals surface area (Å²) in [6, 6.07) is 11.0. The highest BCUT2D eigenvalue weighted by atomic mass is 35.5. The van der Waals surface area contributed by atoms with Crippen molar-refractivity contribution in [3.05, 3.63) is 60.3 Å².